The lowest BCUT2D eigenvalue weighted by Gasteiger charge is -2.10. The number of nitrogens with one attached hydrogen (secondary N) is 1. The van der Waals surface area contributed by atoms with Gasteiger partial charge in [0.15, 0.2) is 0 Å². The van der Waals surface area contributed by atoms with Crippen LogP contribution in [0.3, 0.4) is 0 Å². The third-order valence-electron chi connectivity index (χ3n) is 2.95. The van der Waals surface area contributed by atoms with Crippen LogP contribution < -0.4 is 5.56 Å². The summed E-state index contributed by atoms with van der Waals surface area (Å²) in [6, 6.07) is 8.88. The van der Waals surface area contributed by atoms with Crippen molar-refractivity contribution in [1.29, 1.82) is 0 Å². The minimum atomic E-state index is -0.748. The van der Waals surface area contributed by atoms with E-state index in [4.69, 9.17) is 0 Å². The molecule has 0 unspecified atom stereocenters. The smallest absolute Gasteiger partial charge is 0.267 e. The molecule has 0 aliphatic heterocycles. The van der Waals surface area contributed by atoms with Crippen LogP contribution in [0, 0.1) is 11.8 Å². The van der Waals surface area contributed by atoms with E-state index in [2.05, 4.69) is 26.0 Å². The average molecular weight is 352 g/mol. The van der Waals surface area contributed by atoms with E-state index in [1.54, 1.807) is 6.07 Å². The molecular formula is C14H8BrF2N3O. The molecule has 0 saturated heterocycles. The summed E-state index contributed by atoms with van der Waals surface area (Å²) in [5, 5.41) is 2.48. The number of pyridine rings is 1. The van der Waals surface area contributed by atoms with Crippen LogP contribution in [0.1, 0.15) is 0 Å². The van der Waals surface area contributed by atoms with Gasteiger partial charge >= 0.3 is 0 Å². The Morgan fingerprint density at radius 3 is 2.62 bits per heavy atom. The predicted molar refractivity (Wildman–Crippen MR) is 77.2 cm³/mol. The van der Waals surface area contributed by atoms with Crippen molar-refractivity contribution < 1.29 is 8.78 Å². The normalized spacial score (nSPS) is 10.8. The molecule has 3 rings (SSSR count). The lowest BCUT2D eigenvalue weighted by atomic mass is 10.2. The molecule has 0 saturated carbocycles. The van der Waals surface area contributed by atoms with Gasteiger partial charge in [-0.1, -0.05) is 12.1 Å². The largest absolute Gasteiger partial charge is 0.279 e. The first kappa shape index (κ1) is 13.7. The first-order valence-electron chi connectivity index (χ1n) is 5.96. The molecule has 0 radical (unpaired) electrons. The summed E-state index contributed by atoms with van der Waals surface area (Å²) >= 11 is 3.11. The summed E-state index contributed by atoms with van der Waals surface area (Å²) in [6.45, 7) is 0. The van der Waals surface area contributed by atoms with Crippen molar-refractivity contribution >= 4 is 15.9 Å². The number of rotatable bonds is 2. The Bertz CT molecular complexity index is 873. The van der Waals surface area contributed by atoms with Gasteiger partial charge in [-0.2, -0.15) is 4.39 Å². The lowest BCUT2D eigenvalue weighted by molar-refractivity contribution is 0.584. The number of aromatic nitrogens is 3. The van der Waals surface area contributed by atoms with Crippen LogP contribution in [-0.4, -0.2) is 14.8 Å². The van der Waals surface area contributed by atoms with Crippen molar-refractivity contribution in [1.82, 2.24) is 14.8 Å². The number of hydrogen-bond acceptors (Lipinski definition) is 2. The fourth-order valence-corrected chi connectivity index (χ4v) is 2.51. The van der Waals surface area contributed by atoms with Gasteiger partial charge in [0.05, 0.1) is 16.9 Å². The Labute approximate surface area is 126 Å². The minimum absolute atomic E-state index is 0.0889. The molecule has 4 nitrogen and oxygen atoms in total. The van der Waals surface area contributed by atoms with Crippen LogP contribution in [-0.2, 0) is 0 Å². The average Bonchev–Trinajstić information content (AvgIpc) is 2.76. The van der Waals surface area contributed by atoms with Crippen LogP contribution in [0.5, 0.6) is 0 Å². The van der Waals surface area contributed by atoms with Gasteiger partial charge in [0.1, 0.15) is 10.3 Å². The minimum Gasteiger partial charge on any atom is -0.267 e. The number of benzene rings is 1. The maximum absolute atomic E-state index is 13.9. The number of nitrogens with zero attached hydrogens (tertiary/aromatic N) is 2. The molecule has 7 heteroatoms. The first-order chi connectivity index (χ1) is 10.1. The molecule has 0 atom stereocenters. The van der Waals surface area contributed by atoms with Crippen molar-refractivity contribution in [2.24, 2.45) is 0 Å². The van der Waals surface area contributed by atoms with Crippen molar-refractivity contribution in [3.05, 3.63) is 69.2 Å². The second-order valence-electron chi connectivity index (χ2n) is 4.23. The second kappa shape index (κ2) is 5.25. The fraction of sp³-hybridized carbons (Fsp3) is 0. The molecule has 0 aliphatic carbocycles. The Morgan fingerprint density at radius 2 is 1.90 bits per heavy atom. The van der Waals surface area contributed by atoms with E-state index >= 15 is 0 Å². The quantitative estimate of drug-likeness (QED) is 0.720. The highest BCUT2D eigenvalue weighted by atomic mass is 79.9. The Kier molecular flexibility index (Phi) is 3.42. The molecule has 0 aliphatic rings. The van der Waals surface area contributed by atoms with E-state index in [-0.39, 0.29) is 21.4 Å². The highest BCUT2D eigenvalue weighted by Gasteiger charge is 2.20. The zero-order chi connectivity index (χ0) is 15.0. The van der Waals surface area contributed by atoms with Gasteiger partial charge in [-0.3, -0.25) is 9.89 Å². The van der Waals surface area contributed by atoms with Gasteiger partial charge in [0, 0.05) is 6.20 Å². The van der Waals surface area contributed by atoms with Crippen molar-refractivity contribution in [2.45, 2.75) is 0 Å². The van der Waals surface area contributed by atoms with E-state index in [9.17, 15) is 13.6 Å². The van der Waals surface area contributed by atoms with Crippen LogP contribution in [0.25, 0.3) is 16.9 Å². The van der Waals surface area contributed by atoms with Gasteiger partial charge in [-0.05, 0) is 40.2 Å². The molecule has 2 heterocycles. The van der Waals surface area contributed by atoms with Crippen LogP contribution >= 0.6 is 15.9 Å². The van der Waals surface area contributed by atoms with Crippen molar-refractivity contribution in [2.75, 3.05) is 0 Å². The molecule has 0 fully saturated rings. The van der Waals surface area contributed by atoms with Gasteiger partial charge < -0.3 is 0 Å². The molecule has 106 valence electrons. The molecular weight excluding hydrogens is 344 g/mol. The van der Waals surface area contributed by atoms with Crippen molar-refractivity contribution in [3.63, 3.8) is 0 Å². The van der Waals surface area contributed by atoms with Gasteiger partial charge in [-0.25, -0.2) is 14.1 Å². The highest BCUT2D eigenvalue weighted by molar-refractivity contribution is 9.10. The molecule has 3 aromatic rings. The molecule has 0 spiro atoms. The molecule has 0 amide bonds. The molecule has 1 N–H and O–H groups in total. The number of hydrogen-bond donors (Lipinski definition) is 1. The summed E-state index contributed by atoms with van der Waals surface area (Å²) in [6.07, 6.45) is 1.30. The van der Waals surface area contributed by atoms with Gasteiger partial charge in [0.25, 0.3) is 5.56 Å². The van der Waals surface area contributed by atoms with Crippen LogP contribution in [0.15, 0.2) is 51.9 Å². The third-order valence-corrected chi connectivity index (χ3v) is 3.69. The highest BCUT2D eigenvalue weighted by Crippen LogP contribution is 2.29. The van der Waals surface area contributed by atoms with E-state index in [0.29, 0.717) is 0 Å². The van der Waals surface area contributed by atoms with Crippen LogP contribution in [0.2, 0.25) is 0 Å². The second-order valence-corrected chi connectivity index (χ2v) is 5.03. The van der Waals surface area contributed by atoms with E-state index in [1.807, 2.05) is 0 Å². The number of aromatic amines is 1. The SMILES string of the molecule is O=c1[nH]n(-c2ccccc2F)c(-c2cccnc2F)c1Br. The Balaban J connectivity index is 2.35. The van der Waals surface area contributed by atoms with Gasteiger partial charge in [-0.15, -0.1) is 0 Å². The van der Waals surface area contributed by atoms with E-state index in [0.717, 1.165) is 0 Å². The maximum atomic E-state index is 13.9. The van der Waals surface area contributed by atoms with E-state index < -0.39 is 17.3 Å². The molecule has 2 aromatic heterocycles. The lowest BCUT2D eigenvalue weighted by Crippen LogP contribution is -2.06. The number of H-pyrrole nitrogens is 1. The van der Waals surface area contributed by atoms with Gasteiger partial charge in [0.2, 0.25) is 5.95 Å². The van der Waals surface area contributed by atoms with Crippen LogP contribution in [0.4, 0.5) is 8.78 Å². The molecule has 1 aromatic carbocycles. The van der Waals surface area contributed by atoms with E-state index in [1.165, 1.54) is 41.2 Å². The zero-order valence-corrected chi connectivity index (χ0v) is 12.1. The Morgan fingerprint density at radius 1 is 1.14 bits per heavy atom. The fourth-order valence-electron chi connectivity index (χ4n) is 2.03. The zero-order valence-electron chi connectivity index (χ0n) is 10.5. The summed E-state index contributed by atoms with van der Waals surface area (Å²) in [5.74, 6) is -1.29. The standard InChI is InChI=1S/C14H8BrF2N3O/c15-11-12(8-4-3-7-18-13(8)17)20(19-14(11)21)10-6-2-1-5-9(10)16/h1-7H,(H,19,21). The summed E-state index contributed by atoms with van der Waals surface area (Å²) in [4.78, 5) is 15.4. The number of para-hydroxylation sites is 1. The molecule has 0 bridgehead atoms. The summed E-state index contributed by atoms with van der Waals surface area (Å²) in [7, 11) is 0. The van der Waals surface area contributed by atoms with Crippen molar-refractivity contribution in [3.8, 4) is 16.9 Å². The number of halogens is 3. The maximum Gasteiger partial charge on any atom is 0.279 e. The summed E-state index contributed by atoms with van der Waals surface area (Å²) in [5.41, 5.74) is -0.114. The summed E-state index contributed by atoms with van der Waals surface area (Å²) < 4.78 is 29.2. The third kappa shape index (κ3) is 2.29. The monoisotopic (exact) mass is 351 g/mol. The Hall–Kier alpha value is -2.28. The predicted octanol–water partition coefficient (Wildman–Crippen LogP) is 3.27. The topological polar surface area (TPSA) is 50.7 Å². The first-order valence-corrected chi connectivity index (χ1v) is 6.75. The molecule has 21 heavy (non-hydrogen) atoms.